The molecule has 0 radical (unpaired) electrons. The zero-order chi connectivity index (χ0) is 18.2. The average molecular weight is 340 g/mol. The van der Waals surface area contributed by atoms with Crippen LogP contribution in [0.1, 0.15) is 48.2 Å². The molecule has 2 aromatic carbocycles. The fraction of sp³-hybridized carbons (Fsp3) is 0.381. The highest BCUT2D eigenvalue weighted by Crippen LogP contribution is 2.22. The van der Waals surface area contributed by atoms with Crippen LogP contribution in [0.15, 0.2) is 48.5 Å². The molecule has 4 nitrogen and oxygen atoms in total. The lowest BCUT2D eigenvalue weighted by Crippen LogP contribution is -2.30. The number of methoxy groups -OCH3 is 1. The number of amides is 1. The van der Waals surface area contributed by atoms with Gasteiger partial charge in [-0.25, -0.2) is 0 Å². The summed E-state index contributed by atoms with van der Waals surface area (Å²) in [6.45, 7) is 7.69. The Balaban J connectivity index is 1.95. The van der Waals surface area contributed by atoms with Crippen molar-refractivity contribution >= 4 is 5.91 Å². The number of hydrogen-bond donors (Lipinski definition) is 2. The highest BCUT2D eigenvalue weighted by Gasteiger charge is 2.14. The van der Waals surface area contributed by atoms with Crippen molar-refractivity contribution in [1.29, 1.82) is 0 Å². The molecule has 0 saturated heterocycles. The molecule has 0 aliphatic rings. The minimum Gasteiger partial charge on any atom is -0.497 e. The lowest BCUT2D eigenvalue weighted by atomic mass is 9.94. The van der Waals surface area contributed by atoms with E-state index in [1.54, 1.807) is 7.11 Å². The topological polar surface area (TPSA) is 50.4 Å². The quantitative estimate of drug-likeness (QED) is 0.770. The summed E-state index contributed by atoms with van der Waals surface area (Å²) in [5.41, 5.74) is 3.09. The Morgan fingerprint density at radius 3 is 2.48 bits per heavy atom. The van der Waals surface area contributed by atoms with E-state index >= 15 is 0 Å². The first-order valence-electron chi connectivity index (χ1n) is 8.79. The second-order valence-electron chi connectivity index (χ2n) is 6.29. The molecular weight excluding hydrogens is 312 g/mol. The van der Waals surface area contributed by atoms with Crippen molar-refractivity contribution in [2.75, 3.05) is 13.7 Å². The van der Waals surface area contributed by atoms with Gasteiger partial charge in [0.05, 0.1) is 7.11 Å². The van der Waals surface area contributed by atoms with Crippen molar-refractivity contribution in [3.8, 4) is 5.75 Å². The number of carbonyl (C=O) groups excluding carboxylic acids is 1. The third-order valence-electron chi connectivity index (χ3n) is 4.55. The van der Waals surface area contributed by atoms with Gasteiger partial charge in [-0.3, -0.25) is 4.79 Å². The Kier molecular flexibility index (Phi) is 7.02. The number of benzene rings is 2. The molecule has 2 N–H and O–H groups in total. The monoisotopic (exact) mass is 340 g/mol. The van der Waals surface area contributed by atoms with Gasteiger partial charge in [-0.05, 0) is 55.2 Å². The maximum atomic E-state index is 11.9. The van der Waals surface area contributed by atoms with Gasteiger partial charge in [-0.1, -0.05) is 31.2 Å². The van der Waals surface area contributed by atoms with E-state index in [1.165, 1.54) is 5.56 Å². The number of carbonyl (C=O) groups is 1. The first-order chi connectivity index (χ1) is 12.0. The summed E-state index contributed by atoms with van der Waals surface area (Å²) in [7, 11) is 1.68. The zero-order valence-electron chi connectivity index (χ0n) is 15.5. The van der Waals surface area contributed by atoms with Crippen LogP contribution in [0.5, 0.6) is 5.75 Å². The summed E-state index contributed by atoms with van der Waals surface area (Å²) in [5, 5.41) is 6.39. The summed E-state index contributed by atoms with van der Waals surface area (Å²) in [6.07, 6.45) is 0. The molecule has 0 spiro atoms. The summed E-state index contributed by atoms with van der Waals surface area (Å²) in [4.78, 5) is 11.9. The second kappa shape index (κ2) is 9.23. The van der Waals surface area contributed by atoms with Gasteiger partial charge in [0.15, 0.2) is 0 Å². The Hall–Kier alpha value is -2.33. The van der Waals surface area contributed by atoms with Crippen molar-refractivity contribution in [2.45, 2.75) is 39.3 Å². The molecule has 1 amide bonds. The van der Waals surface area contributed by atoms with Gasteiger partial charge in [0.1, 0.15) is 5.75 Å². The molecular formula is C21H28N2O2. The number of ether oxygens (including phenoxy) is 1. The van der Waals surface area contributed by atoms with Crippen LogP contribution in [0.3, 0.4) is 0 Å². The van der Waals surface area contributed by atoms with E-state index in [1.807, 2.05) is 43.3 Å². The minimum atomic E-state index is -0.0241. The Bertz CT molecular complexity index is 683. The minimum absolute atomic E-state index is 0.0241. The van der Waals surface area contributed by atoms with Crippen LogP contribution in [0.2, 0.25) is 0 Å². The SMILES string of the molecule is CCNC(=O)c1cccc(CN[C@@H](C)[C@@H](C)c2ccc(OC)cc2)c1. The van der Waals surface area contributed by atoms with Gasteiger partial charge in [-0.2, -0.15) is 0 Å². The summed E-state index contributed by atoms with van der Waals surface area (Å²) in [5.74, 6) is 1.22. The largest absolute Gasteiger partial charge is 0.497 e. The molecule has 25 heavy (non-hydrogen) atoms. The van der Waals surface area contributed by atoms with Crippen molar-refractivity contribution in [3.05, 3.63) is 65.2 Å². The van der Waals surface area contributed by atoms with Crippen LogP contribution < -0.4 is 15.4 Å². The van der Waals surface area contributed by atoms with Crippen LogP contribution in [0.25, 0.3) is 0 Å². The Labute approximate surface area is 150 Å². The Morgan fingerprint density at radius 2 is 1.84 bits per heavy atom. The maximum Gasteiger partial charge on any atom is 0.251 e. The first-order valence-corrected chi connectivity index (χ1v) is 8.79. The van der Waals surface area contributed by atoms with Gasteiger partial charge < -0.3 is 15.4 Å². The van der Waals surface area contributed by atoms with Crippen molar-refractivity contribution in [1.82, 2.24) is 10.6 Å². The second-order valence-corrected chi connectivity index (χ2v) is 6.29. The molecule has 0 heterocycles. The molecule has 0 bridgehead atoms. The maximum absolute atomic E-state index is 11.9. The van der Waals surface area contributed by atoms with Crippen LogP contribution in [-0.4, -0.2) is 25.6 Å². The molecule has 2 aromatic rings. The highest BCUT2D eigenvalue weighted by molar-refractivity contribution is 5.94. The molecule has 0 aliphatic carbocycles. The first kappa shape index (κ1) is 19.0. The molecule has 134 valence electrons. The van der Waals surface area contributed by atoms with E-state index in [-0.39, 0.29) is 5.91 Å². The van der Waals surface area contributed by atoms with E-state index in [0.717, 1.165) is 17.9 Å². The van der Waals surface area contributed by atoms with Gasteiger partial charge in [0.25, 0.3) is 5.91 Å². The van der Waals surface area contributed by atoms with Gasteiger partial charge in [-0.15, -0.1) is 0 Å². The molecule has 0 unspecified atom stereocenters. The summed E-state index contributed by atoms with van der Waals surface area (Å²) >= 11 is 0. The number of nitrogens with one attached hydrogen (secondary N) is 2. The molecule has 2 rings (SSSR count). The van der Waals surface area contributed by atoms with E-state index in [9.17, 15) is 4.79 Å². The normalized spacial score (nSPS) is 13.1. The standard InChI is InChI=1S/C21H28N2O2/c1-5-22-21(24)19-8-6-7-17(13-19)14-23-16(3)15(2)18-9-11-20(25-4)12-10-18/h6-13,15-16,23H,5,14H2,1-4H3,(H,22,24)/t15-,16+/m1/s1. The highest BCUT2D eigenvalue weighted by atomic mass is 16.5. The van der Waals surface area contributed by atoms with Crippen LogP contribution >= 0.6 is 0 Å². The van der Waals surface area contributed by atoms with Crippen LogP contribution in [0, 0.1) is 0 Å². The lowest BCUT2D eigenvalue weighted by Gasteiger charge is -2.22. The molecule has 0 aromatic heterocycles. The predicted octanol–water partition coefficient (Wildman–Crippen LogP) is 3.73. The molecule has 0 aliphatic heterocycles. The van der Waals surface area contributed by atoms with Crippen LogP contribution in [0.4, 0.5) is 0 Å². The lowest BCUT2D eigenvalue weighted by molar-refractivity contribution is 0.0955. The van der Waals surface area contributed by atoms with Crippen molar-refractivity contribution < 1.29 is 9.53 Å². The Morgan fingerprint density at radius 1 is 1.12 bits per heavy atom. The summed E-state index contributed by atoms with van der Waals surface area (Å²) in [6, 6.07) is 16.3. The number of rotatable bonds is 8. The average Bonchev–Trinajstić information content (AvgIpc) is 2.66. The van der Waals surface area contributed by atoms with Gasteiger partial charge >= 0.3 is 0 Å². The van der Waals surface area contributed by atoms with Crippen LogP contribution in [-0.2, 0) is 6.54 Å². The molecule has 0 saturated carbocycles. The third kappa shape index (κ3) is 5.33. The van der Waals surface area contributed by atoms with Crippen molar-refractivity contribution in [2.24, 2.45) is 0 Å². The van der Waals surface area contributed by atoms with E-state index < -0.39 is 0 Å². The molecule has 0 fully saturated rings. The fourth-order valence-electron chi connectivity index (χ4n) is 2.74. The zero-order valence-corrected chi connectivity index (χ0v) is 15.5. The van der Waals surface area contributed by atoms with E-state index in [2.05, 4.69) is 36.6 Å². The van der Waals surface area contributed by atoms with Gasteiger partial charge in [0, 0.05) is 24.7 Å². The van der Waals surface area contributed by atoms with Crippen molar-refractivity contribution in [3.63, 3.8) is 0 Å². The third-order valence-corrected chi connectivity index (χ3v) is 4.55. The van der Waals surface area contributed by atoms with Gasteiger partial charge in [0.2, 0.25) is 0 Å². The van der Waals surface area contributed by atoms with E-state index in [4.69, 9.17) is 4.74 Å². The predicted molar refractivity (Wildman–Crippen MR) is 102 cm³/mol. The fourth-order valence-corrected chi connectivity index (χ4v) is 2.74. The molecule has 2 atom stereocenters. The summed E-state index contributed by atoms with van der Waals surface area (Å²) < 4.78 is 5.21. The molecule has 4 heteroatoms. The van der Waals surface area contributed by atoms with E-state index in [0.29, 0.717) is 24.1 Å². The smallest absolute Gasteiger partial charge is 0.251 e. The number of hydrogen-bond acceptors (Lipinski definition) is 3.